The third kappa shape index (κ3) is 1.95. The minimum atomic E-state index is -0.333. The van der Waals surface area contributed by atoms with Gasteiger partial charge in [-0.25, -0.2) is 4.39 Å². The smallest absolute Gasteiger partial charge is 0.251 e. The third-order valence-corrected chi connectivity index (χ3v) is 3.01. The molecule has 0 atom stereocenters. The number of nitrogens with zero attached hydrogens (tertiary/aromatic N) is 2. The first-order valence-electron chi connectivity index (χ1n) is 5.05. The van der Waals surface area contributed by atoms with E-state index in [2.05, 4.69) is 26.1 Å². The van der Waals surface area contributed by atoms with E-state index in [0.29, 0.717) is 27.4 Å². The summed E-state index contributed by atoms with van der Waals surface area (Å²) in [6.07, 6.45) is 3.03. The van der Waals surface area contributed by atoms with E-state index in [1.165, 1.54) is 24.7 Å². The molecule has 18 heavy (non-hydrogen) atoms. The van der Waals surface area contributed by atoms with Crippen molar-refractivity contribution in [3.8, 4) is 22.9 Å². The minimum Gasteiger partial charge on any atom is -0.472 e. The summed E-state index contributed by atoms with van der Waals surface area (Å²) >= 11 is 3.26. The van der Waals surface area contributed by atoms with Crippen LogP contribution in [0, 0.1) is 5.82 Å². The van der Waals surface area contributed by atoms with E-state index in [4.69, 9.17) is 8.83 Å². The summed E-state index contributed by atoms with van der Waals surface area (Å²) in [5.41, 5.74) is 1.34. The van der Waals surface area contributed by atoms with Gasteiger partial charge in [0.15, 0.2) is 0 Å². The van der Waals surface area contributed by atoms with Crippen LogP contribution >= 0.6 is 15.9 Å². The van der Waals surface area contributed by atoms with Gasteiger partial charge in [0, 0.05) is 4.47 Å². The molecule has 0 amide bonds. The van der Waals surface area contributed by atoms with Crippen LogP contribution in [0.5, 0.6) is 0 Å². The van der Waals surface area contributed by atoms with Crippen molar-refractivity contribution in [2.24, 2.45) is 0 Å². The quantitative estimate of drug-likeness (QED) is 0.720. The Kier molecular flexibility index (Phi) is 2.71. The topological polar surface area (TPSA) is 52.1 Å². The van der Waals surface area contributed by atoms with Crippen molar-refractivity contribution in [1.29, 1.82) is 0 Å². The van der Waals surface area contributed by atoms with E-state index in [1.54, 1.807) is 12.1 Å². The molecule has 0 spiro atoms. The fourth-order valence-electron chi connectivity index (χ4n) is 1.50. The molecule has 2 heterocycles. The monoisotopic (exact) mass is 308 g/mol. The molecule has 3 aromatic rings. The molecule has 0 bridgehead atoms. The Morgan fingerprint density at radius 2 is 1.94 bits per heavy atom. The zero-order valence-corrected chi connectivity index (χ0v) is 10.5. The van der Waals surface area contributed by atoms with Gasteiger partial charge in [-0.05, 0) is 40.2 Å². The lowest BCUT2D eigenvalue weighted by atomic mass is 10.2. The zero-order valence-electron chi connectivity index (χ0n) is 8.93. The molecular weight excluding hydrogens is 303 g/mol. The largest absolute Gasteiger partial charge is 0.472 e. The summed E-state index contributed by atoms with van der Waals surface area (Å²) in [6, 6.07) is 5.97. The normalized spacial score (nSPS) is 10.8. The van der Waals surface area contributed by atoms with Crippen LogP contribution in [-0.2, 0) is 0 Å². The molecule has 0 unspecified atom stereocenters. The van der Waals surface area contributed by atoms with E-state index in [-0.39, 0.29) is 5.82 Å². The number of halogens is 2. The third-order valence-electron chi connectivity index (χ3n) is 2.35. The van der Waals surface area contributed by atoms with Gasteiger partial charge in [-0.1, -0.05) is 0 Å². The van der Waals surface area contributed by atoms with Gasteiger partial charge < -0.3 is 8.83 Å². The standard InChI is InChI=1S/C12H6BrFN2O2/c13-10-5-8(14)1-2-9(10)12-16-15-11(18-12)7-3-4-17-6-7/h1-6H. The summed E-state index contributed by atoms with van der Waals surface area (Å²) in [5, 5.41) is 7.83. The molecule has 3 rings (SSSR count). The Hall–Kier alpha value is -1.95. The number of rotatable bonds is 2. The zero-order chi connectivity index (χ0) is 12.5. The first-order valence-corrected chi connectivity index (χ1v) is 5.85. The van der Waals surface area contributed by atoms with Gasteiger partial charge in [-0.15, -0.1) is 10.2 Å². The highest BCUT2D eigenvalue weighted by atomic mass is 79.9. The van der Waals surface area contributed by atoms with Crippen molar-refractivity contribution >= 4 is 15.9 Å². The number of hydrogen-bond donors (Lipinski definition) is 0. The SMILES string of the molecule is Fc1ccc(-c2nnc(-c3ccoc3)o2)c(Br)c1. The van der Waals surface area contributed by atoms with Crippen LogP contribution in [-0.4, -0.2) is 10.2 Å². The van der Waals surface area contributed by atoms with E-state index >= 15 is 0 Å². The Morgan fingerprint density at radius 1 is 1.11 bits per heavy atom. The summed E-state index contributed by atoms with van der Waals surface area (Å²) in [7, 11) is 0. The van der Waals surface area contributed by atoms with Crippen LogP contribution in [0.25, 0.3) is 22.9 Å². The summed E-state index contributed by atoms with van der Waals surface area (Å²) in [4.78, 5) is 0. The van der Waals surface area contributed by atoms with Gasteiger partial charge in [0.25, 0.3) is 5.89 Å². The fourth-order valence-corrected chi connectivity index (χ4v) is 2.02. The predicted octanol–water partition coefficient (Wildman–Crippen LogP) is 3.90. The van der Waals surface area contributed by atoms with E-state index in [9.17, 15) is 4.39 Å². The molecule has 1 aromatic carbocycles. The Labute approximate surface area is 110 Å². The van der Waals surface area contributed by atoms with Crippen molar-refractivity contribution in [1.82, 2.24) is 10.2 Å². The van der Waals surface area contributed by atoms with E-state index < -0.39 is 0 Å². The predicted molar refractivity (Wildman–Crippen MR) is 65.1 cm³/mol. The van der Waals surface area contributed by atoms with Crippen molar-refractivity contribution in [3.05, 3.63) is 47.1 Å². The van der Waals surface area contributed by atoms with Gasteiger partial charge in [0.2, 0.25) is 5.89 Å². The second-order valence-corrected chi connectivity index (χ2v) is 4.40. The molecule has 4 nitrogen and oxygen atoms in total. The maximum absolute atomic E-state index is 13.0. The first-order chi connectivity index (χ1) is 8.74. The molecule has 6 heteroatoms. The van der Waals surface area contributed by atoms with E-state index in [0.717, 1.165) is 0 Å². The molecule has 0 N–H and O–H groups in total. The maximum atomic E-state index is 13.0. The second kappa shape index (κ2) is 4.38. The molecule has 90 valence electrons. The van der Waals surface area contributed by atoms with Crippen molar-refractivity contribution in [3.63, 3.8) is 0 Å². The van der Waals surface area contributed by atoms with Crippen LogP contribution in [0.3, 0.4) is 0 Å². The number of hydrogen-bond acceptors (Lipinski definition) is 4. The summed E-state index contributed by atoms with van der Waals surface area (Å²) in [6.45, 7) is 0. The molecule has 0 aliphatic heterocycles. The van der Waals surface area contributed by atoms with Crippen molar-refractivity contribution in [2.45, 2.75) is 0 Å². The molecule has 0 aliphatic rings. The molecule has 0 saturated carbocycles. The van der Waals surface area contributed by atoms with Crippen LogP contribution in [0.2, 0.25) is 0 Å². The molecule has 0 radical (unpaired) electrons. The Morgan fingerprint density at radius 3 is 2.67 bits per heavy atom. The number of aromatic nitrogens is 2. The maximum Gasteiger partial charge on any atom is 0.251 e. The highest BCUT2D eigenvalue weighted by molar-refractivity contribution is 9.10. The molecule has 0 fully saturated rings. The summed E-state index contributed by atoms with van der Waals surface area (Å²) < 4.78 is 24.0. The second-order valence-electron chi connectivity index (χ2n) is 3.55. The van der Waals surface area contributed by atoms with Crippen LogP contribution in [0.15, 0.2) is 50.1 Å². The van der Waals surface area contributed by atoms with Gasteiger partial charge in [-0.3, -0.25) is 0 Å². The van der Waals surface area contributed by atoms with Crippen LogP contribution in [0.1, 0.15) is 0 Å². The Bertz CT molecular complexity index is 679. The summed E-state index contributed by atoms with van der Waals surface area (Å²) in [5.74, 6) is 0.341. The number of furan rings is 1. The highest BCUT2D eigenvalue weighted by Crippen LogP contribution is 2.30. The highest BCUT2D eigenvalue weighted by Gasteiger charge is 2.13. The number of benzene rings is 1. The average Bonchev–Trinajstić information content (AvgIpc) is 2.99. The lowest BCUT2D eigenvalue weighted by Crippen LogP contribution is -1.82. The molecule has 2 aromatic heterocycles. The molecular formula is C12H6BrFN2O2. The van der Waals surface area contributed by atoms with Crippen molar-refractivity contribution < 1.29 is 13.2 Å². The Balaban J connectivity index is 2.03. The van der Waals surface area contributed by atoms with E-state index in [1.807, 2.05) is 0 Å². The van der Waals surface area contributed by atoms with Gasteiger partial charge in [0.1, 0.15) is 12.1 Å². The average molecular weight is 309 g/mol. The van der Waals surface area contributed by atoms with Gasteiger partial charge in [0.05, 0.1) is 17.4 Å². The van der Waals surface area contributed by atoms with Crippen LogP contribution in [0.4, 0.5) is 4.39 Å². The lowest BCUT2D eigenvalue weighted by Gasteiger charge is -1.98. The van der Waals surface area contributed by atoms with Crippen LogP contribution < -0.4 is 0 Å². The lowest BCUT2D eigenvalue weighted by molar-refractivity contribution is 0.560. The molecule has 0 saturated heterocycles. The fraction of sp³-hybridized carbons (Fsp3) is 0. The first kappa shape index (κ1) is 11.2. The van der Waals surface area contributed by atoms with Gasteiger partial charge in [-0.2, -0.15) is 0 Å². The van der Waals surface area contributed by atoms with Crippen molar-refractivity contribution in [2.75, 3.05) is 0 Å². The minimum absolute atomic E-state index is 0.318. The van der Waals surface area contributed by atoms with Gasteiger partial charge >= 0.3 is 0 Å². The molecule has 0 aliphatic carbocycles.